The molecule has 0 aromatic carbocycles. The Labute approximate surface area is 122 Å². The van der Waals surface area contributed by atoms with Gasteiger partial charge in [-0.1, -0.05) is 20.8 Å². The van der Waals surface area contributed by atoms with E-state index < -0.39 is 0 Å². The van der Waals surface area contributed by atoms with Gasteiger partial charge in [0.2, 0.25) is 5.91 Å². The maximum absolute atomic E-state index is 11.4. The molecule has 20 heavy (non-hydrogen) atoms. The summed E-state index contributed by atoms with van der Waals surface area (Å²) in [6.07, 6.45) is 3.23. The fourth-order valence-electron chi connectivity index (χ4n) is 2.24. The molecule has 1 heterocycles. The topological polar surface area (TPSA) is 58.6 Å². The molecule has 1 rings (SSSR count). The van der Waals surface area contributed by atoms with E-state index in [0.29, 0.717) is 13.0 Å². The van der Waals surface area contributed by atoms with Gasteiger partial charge in [0.15, 0.2) is 0 Å². The molecule has 0 aromatic rings. The third kappa shape index (κ3) is 6.37. The molecule has 0 bridgehead atoms. The smallest absolute Gasteiger partial charge is 0.306 e. The highest BCUT2D eigenvalue weighted by molar-refractivity contribution is 5.77. The number of ether oxygens (including phenoxy) is 1. The second-order valence-corrected chi connectivity index (χ2v) is 5.73. The van der Waals surface area contributed by atoms with E-state index in [1.807, 2.05) is 20.8 Å². The first-order valence-electron chi connectivity index (χ1n) is 7.72. The van der Waals surface area contributed by atoms with Gasteiger partial charge in [-0.05, 0) is 19.3 Å². The molecular formula is C15H28N2O3. The van der Waals surface area contributed by atoms with Gasteiger partial charge in [-0.15, -0.1) is 0 Å². The Morgan fingerprint density at radius 3 is 2.50 bits per heavy atom. The molecule has 1 fully saturated rings. The molecule has 0 aliphatic carbocycles. The lowest BCUT2D eigenvalue weighted by atomic mass is 10.1. The van der Waals surface area contributed by atoms with Crippen LogP contribution in [0.15, 0.2) is 0 Å². The molecule has 5 nitrogen and oxygen atoms in total. The molecule has 116 valence electrons. The van der Waals surface area contributed by atoms with E-state index in [1.54, 1.807) is 0 Å². The monoisotopic (exact) mass is 284 g/mol. The number of hydrogen-bond donors (Lipinski definition) is 1. The first kappa shape index (κ1) is 17.0. The van der Waals surface area contributed by atoms with E-state index in [0.717, 1.165) is 38.9 Å². The average molecular weight is 284 g/mol. The van der Waals surface area contributed by atoms with Crippen molar-refractivity contribution in [2.45, 2.75) is 52.6 Å². The second kappa shape index (κ2) is 8.95. The summed E-state index contributed by atoms with van der Waals surface area (Å²) in [5, 5.41) is 2.92. The highest BCUT2D eigenvalue weighted by Gasteiger charge is 2.21. The first-order valence-corrected chi connectivity index (χ1v) is 7.72. The second-order valence-electron chi connectivity index (χ2n) is 5.73. The van der Waals surface area contributed by atoms with Gasteiger partial charge in [-0.2, -0.15) is 0 Å². The summed E-state index contributed by atoms with van der Waals surface area (Å²) in [5.74, 6) is 0.0715. The number of likely N-dealkylation sites (tertiary alicyclic amines) is 1. The summed E-state index contributed by atoms with van der Waals surface area (Å²) < 4.78 is 5.42. The van der Waals surface area contributed by atoms with Crippen molar-refractivity contribution in [3.05, 3.63) is 0 Å². The molecular weight excluding hydrogens is 256 g/mol. The molecule has 0 aromatic heterocycles. The van der Waals surface area contributed by atoms with E-state index in [9.17, 15) is 9.59 Å². The number of rotatable bonds is 7. The van der Waals surface area contributed by atoms with E-state index in [4.69, 9.17) is 4.74 Å². The van der Waals surface area contributed by atoms with Crippen LogP contribution in [0.3, 0.4) is 0 Å². The van der Waals surface area contributed by atoms with Crippen molar-refractivity contribution in [2.24, 2.45) is 5.92 Å². The molecule has 5 heteroatoms. The van der Waals surface area contributed by atoms with Crippen LogP contribution in [0.1, 0.15) is 46.5 Å². The van der Waals surface area contributed by atoms with Crippen LogP contribution in [0.2, 0.25) is 0 Å². The number of amides is 1. The van der Waals surface area contributed by atoms with Crippen molar-refractivity contribution < 1.29 is 14.3 Å². The highest BCUT2D eigenvalue weighted by Crippen LogP contribution is 2.14. The van der Waals surface area contributed by atoms with Crippen molar-refractivity contribution in [3.8, 4) is 0 Å². The molecule has 1 aliphatic heterocycles. The quantitative estimate of drug-likeness (QED) is 0.721. The Hall–Kier alpha value is -1.10. The van der Waals surface area contributed by atoms with Crippen molar-refractivity contribution >= 4 is 11.9 Å². The predicted molar refractivity (Wildman–Crippen MR) is 78.3 cm³/mol. The Kier molecular flexibility index (Phi) is 7.59. The van der Waals surface area contributed by atoms with Gasteiger partial charge in [0.05, 0.1) is 0 Å². The van der Waals surface area contributed by atoms with Crippen LogP contribution in [0.5, 0.6) is 0 Å². The minimum absolute atomic E-state index is 0.0405. The Bertz CT molecular complexity index is 310. The lowest BCUT2D eigenvalue weighted by Crippen LogP contribution is -2.42. The lowest BCUT2D eigenvalue weighted by Gasteiger charge is -2.31. The zero-order chi connectivity index (χ0) is 15.0. The standard InChI is InChI=1S/C15H28N2O3/c1-4-5-14(18)20-13-6-9-17(10-7-13)11-8-16-15(19)12(2)3/h12-13H,4-11H2,1-3H3,(H,16,19). The van der Waals surface area contributed by atoms with Crippen LogP contribution in [0, 0.1) is 5.92 Å². The summed E-state index contributed by atoms with van der Waals surface area (Å²) in [7, 11) is 0. The van der Waals surface area contributed by atoms with Crippen LogP contribution in [0.25, 0.3) is 0 Å². The molecule has 0 atom stereocenters. The number of nitrogens with one attached hydrogen (secondary N) is 1. The lowest BCUT2D eigenvalue weighted by molar-refractivity contribution is -0.151. The van der Waals surface area contributed by atoms with E-state index in [1.165, 1.54) is 0 Å². The minimum Gasteiger partial charge on any atom is -0.462 e. The maximum Gasteiger partial charge on any atom is 0.306 e. The summed E-state index contributed by atoms with van der Waals surface area (Å²) >= 11 is 0. The third-order valence-corrected chi connectivity index (χ3v) is 3.54. The molecule has 1 saturated heterocycles. The van der Waals surface area contributed by atoms with E-state index in [-0.39, 0.29) is 23.9 Å². The van der Waals surface area contributed by atoms with Gasteiger partial charge in [0.25, 0.3) is 0 Å². The fraction of sp³-hybridized carbons (Fsp3) is 0.867. The Balaban J connectivity index is 2.13. The number of piperidine rings is 1. The van der Waals surface area contributed by atoms with Crippen molar-refractivity contribution in [1.82, 2.24) is 10.2 Å². The van der Waals surface area contributed by atoms with E-state index in [2.05, 4.69) is 10.2 Å². The molecule has 1 N–H and O–H groups in total. The Morgan fingerprint density at radius 1 is 1.30 bits per heavy atom. The first-order chi connectivity index (χ1) is 9.52. The SMILES string of the molecule is CCCC(=O)OC1CCN(CCNC(=O)C(C)C)CC1. The summed E-state index contributed by atoms with van der Waals surface area (Å²) in [6.45, 7) is 9.20. The van der Waals surface area contributed by atoms with Crippen molar-refractivity contribution in [2.75, 3.05) is 26.2 Å². The molecule has 0 unspecified atom stereocenters. The zero-order valence-electron chi connectivity index (χ0n) is 13.0. The van der Waals surface area contributed by atoms with Crippen molar-refractivity contribution in [1.29, 1.82) is 0 Å². The van der Waals surface area contributed by atoms with Gasteiger partial charge < -0.3 is 15.0 Å². The van der Waals surface area contributed by atoms with Gasteiger partial charge in [-0.3, -0.25) is 9.59 Å². The van der Waals surface area contributed by atoms with Crippen LogP contribution in [0.4, 0.5) is 0 Å². The number of carbonyl (C=O) groups excluding carboxylic acids is 2. The highest BCUT2D eigenvalue weighted by atomic mass is 16.5. The van der Waals surface area contributed by atoms with E-state index >= 15 is 0 Å². The number of nitrogens with zero attached hydrogens (tertiary/aromatic N) is 1. The molecule has 0 radical (unpaired) electrons. The molecule has 0 saturated carbocycles. The minimum atomic E-state index is -0.0739. The molecule has 0 spiro atoms. The normalized spacial score (nSPS) is 17.2. The number of carbonyl (C=O) groups is 2. The Morgan fingerprint density at radius 2 is 1.95 bits per heavy atom. The average Bonchev–Trinajstić information content (AvgIpc) is 2.40. The van der Waals surface area contributed by atoms with Gasteiger partial charge in [-0.25, -0.2) is 0 Å². The summed E-state index contributed by atoms with van der Waals surface area (Å²) in [4.78, 5) is 25.2. The number of esters is 1. The zero-order valence-corrected chi connectivity index (χ0v) is 13.0. The van der Waals surface area contributed by atoms with Crippen LogP contribution in [-0.2, 0) is 14.3 Å². The van der Waals surface area contributed by atoms with Gasteiger partial charge in [0, 0.05) is 38.5 Å². The van der Waals surface area contributed by atoms with Crippen LogP contribution < -0.4 is 5.32 Å². The van der Waals surface area contributed by atoms with Crippen LogP contribution in [-0.4, -0.2) is 49.1 Å². The molecule has 1 aliphatic rings. The van der Waals surface area contributed by atoms with Gasteiger partial charge >= 0.3 is 5.97 Å². The predicted octanol–water partition coefficient (Wildman–Crippen LogP) is 1.57. The van der Waals surface area contributed by atoms with Crippen LogP contribution >= 0.6 is 0 Å². The summed E-state index contributed by atoms with van der Waals surface area (Å²) in [5.41, 5.74) is 0. The number of hydrogen-bond acceptors (Lipinski definition) is 4. The summed E-state index contributed by atoms with van der Waals surface area (Å²) in [6, 6.07) is 0. The molecule has 1 amide bonds. The van der Waals surface area contributed by atoms with Crippen molar-refractivity contribution in [3.63, 3.8) is 0 Å². The largest absolute Gasteiger partial charge is 0.462 e. The maximum atomic E-state index is 11.4. The third-order valence-electron chi connectivity index (χ3n) is 3.54. The fourth-order valence-corrected chi connectivity index (χ4v) is 2.24. The van der Waals surface area contributed by atoms with Gasteiger partial charge in [0.1, 0.15) is 6.10 Å².